The molecule has 7 heteroatoms. The molecule has 0 aromatic heterocycles. The molecule has 2 saturated heterocycles. The maximum atomic E-state index is 13.4. The predicted octanol–water partition coefficient (Wildman–Crippen LogP) is 2.36. The standard InChI is InChI=1S/C20H26FN3O3/c1-13(2)11-23-8-6-20(7-9-23)18(26)24(19(27)22-20)12-17(25)15-4-5-16(21)14(3)10-15/h4-5,10,13H,6-9,11-12H2,1-3H3,(H,22,27). The first-order valence-electron chi connectivity index (χ1n) is 9.38. The summed E-state index contributed by atoms with van der Waals surface area (Å²) in [4.78, 5) is 41.1. The number of halogens is 1. The van der Waals surface area contributed by atoms with Gasteiger partial charge < -0.3 is 10.2 Å². The van der Waals surface area contributed by atoms with Gasteiger partial charge in [0.25, 0.3) is 5.91 Å². The largest absolute Gasteiger partial charge is 0.325 e. The lowest BCUT2D eigenvalue weighted by Crippen LogP contribution is -2.55. The van der Waals surface area contributed by atoms with Gasteiger partial charge in [-0.15, -0.1) is 0 Å². The highest BCUT2D eigenvalue weighted by atomic mass is 19.1. The minimum atomic E-state index is -0.899. The zero-order valence-electron chi connectivity index (χ0n) is 16.0. The van der Waals surface area contributed by atoms with Crippen LogP contribution in [0.5, 0.6) is 0 Å². The Labute approximate surface area is 158 Å². The van der Waals surface area contributed by atoms with Gasteiger partial charge in [-0.3, -0.25) is 14.5 Å². The number of Topliss-reactive ketones (excluding diaryl/α,β-unsaturated/α-hetero) is 1. The number of carbonyl (C=O) groups is 3. The predicted molar refractivity (Wildman–Crippen MR) is 99.0 cm³/mol. The lowest BCUT2D eigenvalue weighted by atomic mass is 9.87. The number of aryl methyl sites for hydroxylation is 1. The zero-order chi connectivity index (χ0) is 19.8. The molecule has 27 heavy (non-hydrogen) atoms. The summed E-state index contributed by atoms with van der Waals surface area (Å²) >= 11 is 0. The van der Waals surface area contributed by atoms with Crippen LogP contribution in [0.4, 0.5) is 9.18 Å². The number of carbonyl (C=O) groups excluding carboxylic acids is 3. The number of nitrogens with zero attached hydrogens (tertiary/aromatic N) is 2. The van der Waals surface area contributed by atoms with Crippen LogP contribution in [-0.2, 0) is 4.79 Å². The molecule has 0 unspecified atom stereocenters. The van der Waals surface area contributed by atoms with E-state index < -0.39 is 17.4 Å². The molecule has 2 fully saturated rings. The second-order valence-electron chi connectivity index (χ2n) is 7.99. The summed E-state index contributed by atoms with van der Waals surface area (Å²) in [6.07, 6.45) is 1.09. The van der Waals surface area contributed by atoms with Gasteiger partial charge in [-0.2, -0.15) is 0 Å². The van der Waals surface area contributed by atoms with E-state index in [0.717, 1.165) is 24.5 Å². The maximum absolute atomic E-state index is 13.4. The molecule has 3 rings (SSSR count). The summed E-state index contributed by atoms with van der Waals surface area (Å²) in [5, 5.41) is 2.82. The van der Waals surface area contributed by atoms with Crippen molar-refractivity contribution in [3.63, 3.8) is 0 Å². The van der Waals surface area contributed by atoms with E-state index in [2.05, 4.69) is 24.1 Å². The molecule has 146 valence electrons. The van der Waals surface area contributed by atoms with Crippen LogP contribution >= 0.6 is 0 Å². The van der Waals surface area contributed by atoms with Crippen molar-refractivity contribution in [1.82, 2.24) is 15.1 Å². The molecule has 2 aliphatic heterocycles. The molecule has 1 aromatic rings. The summed E-state index contributed by atoms with van der Waals surface area (Å²) in [5.41, 5.74) is -0.252. The number of piperidine rings is 1. The molecule has 1 spiro atoms. The summed E-state index contributed by atoms with van der Waals surface area (Å²) in [7, 11) is 0. The van der Waals surface area contributed by atoms with Crippen LogP contribution in [0.2, 0.25) is 0 Å². The average molecular weight is 375 g/mol. The van der Waals surface area contributed by atoms with Crippen LogP contribution in [0.1, 0.15) is 42.6 Å². The van der Waals surface area contributed by atoms with Gasteiger partial charge in [-0.25, -0.2) is 9.18 Å². The van der Waals surface area contributed by atoms with Crippen molar-refractivity contribution in [2.45, 2.75) is 39.2 Å². The van der Waals surface area contributed by atoms with Crippen LogP contribution in [0.25, 0.3) is 0 Å². The number of hydrogen-bond donors (Lipinski definition) is 1. The highest BCUT2D eigenvalue weighted by Crippen LogP contribution is 2.30. The first kappa shape index (κ1) is 19.5. The third-order valence-corrected chi connectivity index (χ3v) is 5.36. The third kappa shape index (κ3) is 3.88. The number of amides is 3. The minimum absolute atomic E-state index is 0.294. The van der Waals surface area contributed by atoms with Crippen LogP contribution in [-0.4, -0.2) is 59.2 Å². The van der Waals surface area contributed by atoms with Crippen LogP contribution in [0.15, 0.2) is 18.2 Å². The Hall–Kier alpha value is -2.28. The molecule has 2 heterocycles. The number of urea groups is 1. The van der Waals surface area contributed by atoms with Gasteiger partial charge >= 0.3 is 6.03 Å². The Morgan fingerprint density at radius 3 is 2.52 bits per heavy atom. The number of rotatable bonds is 5. The molecule has 6 nitrogen and oxygen atoms in total. The van der Waals surface area contributed by atoms with Crippen molar-refractivity contribution in [3.8, 4) is 0 Å². The molecular weight excluding hydrogens is 349 g/mol. The monoisotopic (exact) mass is 375 g/mol. The molecular formula is C20H26FN3O3. The van der Waals surface area contributed by atoms with E-state index in [9.17, 15) is 18.8 Å². The Balaban J connectivity index is 1.68. The second-order valence-corrected chi connectivity index (χ2v) is 7.99. The van der Waals surface area contributed by atoms with Crippen molar-refractivity contribution >= 4 is 17.7 Å². The van der Waals surface area contributed by atoms with E-state index in [-0.39, 0.29) is 18.2 Å². The van der Waals surface area contributed by atoms with Crippen LogP contribution in [0, 0.1) is 18.7 Å². The lowest BCUT2D eigenvalue weighted by molar-refractivity contribution is -0.132. The van der Waals surface area contributed by atoms with Gasteiger partial charge in [0.2, 0.25) is 0 Å². The Morgan fingerprint density at radius 2 is 1.93 bits per heavy atom. The summed E-state index contributed by atoms with van der Waals surface area (Å²) in [5.74, 6) is -0.561. The Bertz CT molecular complexity index is 770. The van der Waals surface area contributed by atoms with Crippen molar-refractivity contribution in [2.24, 2.45) is 5.92 Å². The topological polar surface area (TPSA) is 69.7 Å². The molecule has 0 radical (unpaired) electrons. The van der Waals surface area contributed by atoms with Crippen molar-refractivity contribution in [1.29, 1.82) is 0 Å². The van der Waals surface area contributed by atoms with E-state index in [1.807, 2.05) is 0 Å². The molecule has 0 saturated carbocycles. The molecule has 1 N–H and O–H groups in total. The smallest absolute Gasteiger partial charge is 0.323 e. The first-order chi connectivity index (χ1) is 12.7. The van der Waals surface area contributed by atoms with Crippen molar-refractivity contribution in [3.05, 3.63) is 35.1 Å². The lowest BCUT2D eigenvalue weighted by Gasteiger charge is -2.37. The van der Waals surface area contributed by atoms with Gasteiger partial charge in [-0.05, 0) is 49.4 Å². The van der Waals surface area contributed by atoms with Crippen molar-refractivity contribution in [2.75, 3.05) is 26.2 Å². The highest BCUT2D eigenvalue weighted by molar-refractivity contribution is 6.11. The van der Waals surface area contributed by atoms with E-state index >= 15 is 0 Å². The normalized spacial score (nSPS) is 19.8. The molecule has 0 aliphatic carbocycles. The number of hydrogen-bond acceptors (Lipinski definition) is 4. The van der Waals surface area contributed by atoms with E-state index in [4.69, 9.17) is 0 Å². The third-order valence-electron chi connectivity index (χ3n) is 5.36. The maximum Gasteiger partial charge on any atom is 0.325 e. The highest BCUT2D eigenvalue weighted by Gasteiger charge is 2.52. The van der Waals surface area contributed by atoms with Crippen LogP contribution in [0.3, 0.4) is 0 Å². The summed E-state index contributed by atoms with van der Waals surface area (Å²) < 4.78 is 13.4. The van der Waals surface area contributed by atoms with Gasteiger partial charge in [-0.1, -0.05) is 13.8 Å². The van der Waals surface area contributed by atoms with Crippen LogP contribution < -0.4 is 5.32 Å². The fourth-order valence-corrected chi connectivity index (χ4v) is 3.85. The second kappa shape index (κ2) is 7.38. The molecule has 3 amide bonds. The van der Waals surface area contributed by atoms with Gasteiger partial charge in [0.1, 0.15) is 11.4 Å². The van der Waals surface area contributed by atoms with Gasteiger partial charge in [0, 0.05) is 25.2 Å². The van der Waals surface area contributed by atoms with Gasteiger partial charge in [0.15, 0.2) is 5.78 Å². The SMILES string of the molecule is Cc1cc(C(=O)CN2C(=O)NC3(CCN(CC(C)C)CC3)C2=O)ccc1F. The molecule has 1 aromatic carbocycles. The number of nitrogens with one attached hydrogen (secondary N) is 1. The van der Waals surface area contributed by atoms with Gasteiger partial charge in [0.05, 0.1) is 6.54 Å². The fraction of sp³-hybridized carbons (Fsp3) is 0.550. The average Bonchev–Trinajstić information content (AvgIpc) is 2.83. The number of imide groups is 1. The Morgan fingerprint density at radius 1 is 1.26 bits per heavy atom. The molecule has 0 atom stereocenters. The van der Waals surface area contributed by atoms with E-state index in [1.165, 1.54) is 18.2 Å². The first-order valence-corrected chi connectivity index (χ1v) is 9.38. The number of likely N-dealkylation sites (tertiary alicyclic amines) is 1. The van der Waals surface area contributed by atoms with Crippen molar-refractivity contribution < 1.29 is 18.8 Å². The zero-order valence-corrected chi connectivity index (χ0v) is 16.0. The fourth-order valence-electron chi connectivity index (χ4n) is 3.85. The van der Waals surface area contributed by atoms with E-state index in [0.29, 0.717) is 29.9 Å². The quantitative estimate of drug-likeness (QED) is 0.634. The number of benzene rings is 1. The number of ketones is 1. The molecule has 2 aliphatic rings. The Kier molecular flexibility index (Phi) is 5.33. The summed E-state index contributed by atoms with van der Waals surface area (Å²) in [6, 6.07) is 3.52. The summed E-state index contributed by atoms with van der Waals surface area (Å²) in [6.45, 7) is 7.98. The minimum Gasteiger partial charge on any atom is -0.323 e. The molecule has 0 bridgehead atoms. The van der Waals surface area contributed by atoms with E-state index in [1.54, 1.807) is 6.92 Å².